The Morgan fingerprint density at radius 3 is 2.70 bits per heavy atom. The molecule has 0 radical (unpaired) electrons. The third-order valence-electron chi connectivity index (χ3n) is 5.62. The van der Waals surface area contributed by atoms with Gasteiger partial charge in [0, 0.05) is 37.1 Å². The Hall–Kier alpha value is -2.27. The van der Waals surface area contributed by atoms with E-state index in [1.807, 2.05) is 13.1 Å². The number of hydrogen-bond acceptors (Lipinski definition) is 5. The number of aryl methyl sites for hydroxylation is 3. The van der Waals surface area contributed by atoms with E-state index in [-0.39, 0.29) is 0 Å². The number of pyridine rings is 2. The molecule has 27 heavy (non-hydrogen) atoms. The molecule has 3 aromatic heterocycles. The summed E-state index contributed by atoms with van der Waals surface area (Å²) in [6, 6.07) is 6.94. The van der Waals surface area contributed by atoms with Crippen LogP contribution in [0, 0.1) is 26.7 Å². The van der Waals surface area contributed by atoms with Crippen molar-refractivity contribution in [2.75, 3.05) is 13.1 Å². The van der Waals surface area contributed by atoms with Gasteiger partial charge in [-0.1, -0.05) is 0 Å². The third-order valence-corrected chi connectivity index (χ3v) is 5.62. The number of rotatable bonds is 4. The fourth-order valence-corrected chi connectivity index (χ4v) is 4.37. The van der Waals surface area contributed by atoms with Gasteiger partial charge in [-0.3, -0.25) is 9.88 Å². The maximum atomic E-state index is 5.51. The van der Waals surface area contributed by atoms with Gasteiger partial charge in [-0.2, -0.15) is 0 Å². The predicted octanol–water partition coefficient (Wildman–Crippen LogP) is 4.56. The first-order chi connectivity index (χ1) is 13.0. The minimum Gasteiger partial charge on any atom is -0.423 e. The highest BCUT2D eigenvalue weighted by molar-refractivity contribution is 5.68. The van der Waals surface area contributed by atoms with Crippen LogP contribution in [0.4, 0.5) is 0 Å². The second-order valence-electron chi connectivity index (χ2n) is 7.97. The van der Waals surface area contributed by atoms with Gasteiger partial charge >= 0.3 is 0 Å². The van der Waals surface area contributed by atoms with Crippen LogP contribution in [0.15, 0.2) is 28.8 Å². The Kier molecular flexibility index (Phi) is 4.96. The first-order valence-electron chi connectivity index (χ1n) is 9.89. The summed E-state index contributed by atoms with van der Waals surface area (Å²) in [4.78, 5) is 16.0. The molecule has 142 valence electrons. The average Bonchev–Trinajstić information content (AvgIpc) is 2.99. The largest absolute Gasteiger partial charge is 0.423 e. The Morgan fingerprint density at radius 2 is 1.93 bits per heavy atom. The highest BCUT2D eigenvalue weighted by Gasteiger charge is 2.25. The first kappa shape index (κ1) is 18.1. The molecule has 2 atom stereocenters. The number of nitrogens with zero attached hydrogens (tertiary/aromatic N) is 4. The number of hydrogen-bond donors (Lipinski definition) is 0. The van der Waals surface area contributed by atoms with Crippen LogP contribution in [0.1, 0.15) is 54.2 Å². The molecule has 1 fully saturated rings. The van der Waals surface area contributed by atoms with Crippen LogP contribution < -0.4 is 0 Å². The summed E-state index contributed by atoms with van der Waals surface area (Å²) in [5, 5.41) is 0. The van der Waals surface area contributed by atoms with Crippen LogP contribution in [0.3, 0.4) is 0 Å². The Labute approximate surface area is 160 Å². The van der Waals surface area contributed by atoms with Crippen molar-refractivity contribution in [3.63, 3.8) is 0 Å². The minimum atomic E-state index is 0.336. The SMILES string of the molecule is Cc1cc(C[C@H]2CCCN(C(C)c3cnc4oc(C)nc4c3)C2)cc(C)n1. The molecule has 3 aromatic rings. The summed E-state index contributed by atoms with van der Waals surface area (Å²) in [5.74, 6) is 1.36. The molecular formula is C22H28N4O. The molecule has 0 saturated carbocycles. The van der Waals surface area contributed by atoms with Crippen molar-refractivity contribution in [2.45, 2.75) is 53.0 Å². The van der Waals surface area contributed by atoms with E-state index in [0.29, 0.717) is 23.6 Å². The number of aromatic nitrogens is 3. The Morgan fingerprint density at radius 1 is 1.15 bits per heavy atom. The van der Waals surface area contributed by atoms with E-state index in [0.717, 1.165) is 36.4 Å². The molecule has 4 rings (SSSR count). The lowest BCUT2D eigenvalue weighted by atomic mass is 9.90. The van der Waals surface area contributed by atoms with Crippen molar-refractivity contribution in [1.29, 1.82) is 0 Å². The summed E-state index contributed by atoms with van der Waals surface area (Å²) >= 11 is 0. The van der Waals surface area contributed by atoms with Crippen LogP contribution in [-0.2, 0) is 6.42 Å². The van der Waals surface area contributed by atoms with Crippen LogP contribution in [0.25, 0.3) is 11.2 Å². The van der Waals surface area contributed by atoms with E-state index in [1.54, 1.807) is 0 Å². The van der Waals surface area contributed by atoms with Gasteiger partial charge in [-0.25, -0.2) is 9.97 Å². The summed E-state index contributed by atoms with van der Waals surface area (Å²) in [6.07, 6.45) is 5.62. The van der Waals surface area contributed by atoms with Gasteiger partial charge in [0.25, 0.3) is 0 Å². The molecule has 0 amide bonds. The number of likely N-dealkylation sites (tertiary alicyclic amines) is 1. The Balaban J connectivity index is 1.47. The average molecular weight is 364 g/mol. The maximum absolute atomic E-state index is 5.51. The summed E-state index contributed by atoms with van der Waals surface area (Å²) in [5.41, 5.74) is 6.35. The van der Waals surface area contributed by atoms with E-state index in [9.17, 15) is 0 Å². The van der Waals surface area contributed by atoms with Crippen molar-refractivity contribution in [3.05, 3.63) is 52.8 Å². The van der Waals surface area contributed by atoms with Crippen molar-refractivity contribution in [2.24, 2.45) is 5.92 Å². The fraction of sp³-hybridized carbons (Fsp3) is 0.500. The monoisotopic (exact) mass is 364 g/mol. The van der Waals surface area contributed by atoms with Gasteiger partial charge in [0.2, 0.25) is 5.71 Å². The molecule has 5 heteroatoms. The standard InChI is InChI=1S/C22H28N4O/c1-14-8-19(9-15(2)24-14)10-18-6-5-7-26(13-18)16(3)20-11-21-22(23-12-20)27-17(4)25-21/h8-9,11-12,16,18H,5-7,10,13H2,1-4H3/t16?,18-/m1/s1. The lowest BCUT2D eigenvalue weighted by molar-refractivity contribution is 0.131. The normalized spacial score (nSPS) is 19.5. The minimum absolute atomic E-state index is 0.336. The molecule has 5 nitrogen and oxygen atoms in total. The zero-order valence-electron chi connectivity index (χ0n) is 16.7. The second-order valence-corrected chi connectivity index (χ2v) is 7.97. The van der Waals surface area contributed by atoms with Crippen molar-refractivity contribution < 1.29 is 4.42 Å². The molecule has 1 aliphatic heterocycles. The fourth-order valence-electron chi connectivity index (χ4n) is 4.37. The summed E-state index contributed by atoms with van der Waals surface area (Å²) in [7, 11) is 0. The van der Waals surface area contributed by atoms with Gasteiger partial charge in [0.05, 0.1) is 0 Å². The highest BCUT2D eigenvalue weighted by Crippen LogP contribution is 2.29. The van der Waals surface area contributed by atoms with Crippen LogP contribution in [-0.4, -0.2) is 32.9 Å². The molecule has 4 heterocycles. The van der Waals surface area contributed by atoms with Gasteiger partial charge in [-0.15, -0.1) is 0 Å². The number of fused-ring (bicyclic) bond motifs is 1. The predicted molar refractivity (Wildman–Crippen MR) is 107 cm³/mol. The summed E-state index contributed by atoms with van der Waals surface area (Å²) in [6.45, 7) is 10.6. The molecule has 0 spiro atoms. The zero-order chi connectivity index (χ0) is 19.0. The van der Waals surface area contributed by atoms with Crippen molar-refractivity contribution >= 4 is 11.2 Å². The quantitative estimate of drug-likeness (QED) is 0.679. The summed E-state index contributed by atoms with van der Waals surface area (Å²) < 4.78 is 5.51. The highest BCUT2D eigenvalue weighted by atomic mass is 16.4. The van der Waals surface area contributed by atoms with E-state index in [2.05, 4.69) is 58.8 Å². The smallest absolute Gasteiger partial charge is 0.246 e. The maximum Gasteiger partial charge on any atom is 0.246 e. The molecule has 0 aliphatic carbocycles. The van der Waals surface area contributed by atoms with E-state index in [4.69, 9.17) is 4.42 Å². The van der Waals surface area contributed by atoms with Gasteiger partial charge in [0.1, 0.15) is 5.52 Å². The van der Waals surface area contributed by atoms with E-state index >= 15 is 0 Å². The molecular weight excluding hydrogens is 336 g/mol. The molecule has 0 N–H and O–H groups in total. The molecule has 1 unspecified atom stereocenters. The first-order valence-corrected chi connectivity index (χ1v) is 9.89. The van der Waals surface area contributed by atoms with Crippen LogP contribution >= 0.6 is 0 Å². The lowest BCUT2D eigenvalue weighted by Crippen LogP contribution is -2.38. The molecule has 1 aliphatic rings. The van der Waals surface area contributed by atoms with Crippen molar-refractivity contribution in [1.82, 2.24) is 19.9 Å². The van der Waals surface area contributed by atoms with Crippen LogP contribution in [0.2, 0.25) is 0 Å². The third kappa shape index (κ3) is 4.03. The molecule has 0 bridgehead atoms. The van der Waals surface area contributed by atoms with Gasteiger partial charge < -0.3 is 4.42 Å². The Bertz CT molecular complexity index is 928. The van der Waals surface area contributed by atoms with Gasteiger partial charge in [-0.05, 0) is 81.8 Å². The van der Waals surface area contributed by atoms with Gasteiger partial charge in [0.15, 0.2) is 5.89 Å². The second kappa shape index (κ2) is 7.39. The van der Waals surface area contributed by atoms with E-state index < -0.39 is 0 Å². The topological polar surface area (TPSA) is 55.1 Å². The zero-order valence-corrected chi connectivity index (χ0v) is 16.7. The van der Waals surface area contributed by atoms with E-state index in [1.165, 1.54) is 24.0 Å². The lowest BCUT2D eigenvalue weighted by Gasteiger charge is -2.37. The van der Waals surface area contributed by atoms with Crippen molar-refractivity contribution in [3.8, 4) is 0 Å². The number of piperidine rings is 1. The van der Waals surface area contributed by atoms with Crippen LogP contribution in [0.5, 0.6) is 0 Å². The molecule has 1 saturated heterocycles. The molecule has 0 aromatic carbocycles. The number of oxazole rings is 1.